The Morgan fingerprint density at radius 2 is 1.65 bits per heavy atom. The first kappa shape index (κ1) is 16.8. The Labute approximate surface area is 116 Å². The van der Waals surface area contributed by atoms with Gasteiger partial charge in [0.25, 0.3) is 0 Å². The first-order valence-corrected chi connectivity index (χ1v) is 6.23. The molecule has 0 fully saturated rings. The average molecular weight is 291 g/mol. The van der Waals surface area contributed by atoms with Crippen LogP contribution in [0.25, 0.3) is 0 Å². The maximum atomic E-state index is 12.4. The second-order valence-electron chi connectivity index (χ2n) is 5.92. The summed E-state index contributed by atoms with van der Waals surface area (Å²) in [6.07, 6.45) is -4.79. The van der Waals surface area contributed by atoms with Gasteiger partial charge >= 0.3 is 6.36 Å². The van der Waals surface area contributed by atoms with Crippen LogP contribution in [0.5, 0.6) is 5.75 Å². The van der Waals surface area contributed by atoms with Crippen molar-refractivity contribution in [3.8, 4) is 5.75 Å². The SMILES string of the molecule is CC(C)(C)NCC(C)(O)c1ccccc1OC(F)(F)F. The predicted molar refractivity (Wildman–Crippen MR) is 70.5 cm³/mol. The summed E-state index contributed by atoms with van der Waals surface area (Å²) in [6.45, 7) is 7.27. The van der Waals surface area contributed by atoms with Gasteiger partial charge in [-0.05, 0) is 33.8 Å². The van der Waals surface area contributed by atoms with Crippen LogP contribution in [0.1, 0.15) is 33.3 Å². The highest BCUT2D eigenvalue weighted by Gasteiger charge is 2.35. The van der Waals surface area contributed by atoms with Crippen LogP contribution in [-0.2, 0) is 5.60 Å². The Morgan fingerprint density at radius 1 is 1.10 bits per heavy atom. The van der Waals surface area contributed by atoms with E-state index in [-0.39, 0.29) is 23.4 Å². The van der Waals surface area contributed by atoms with Crippen molar-refractivity contribution < 1.29 is 23.0 Å². The van der Waals surface area contributed by atoms with E-state index in [0.29, 0.717) is 0 Å². The number of halogens is 3. The van der Waals surface area contributed by atoms with Crippen molar-refractivity contribution in [1.29, 1.82) is 0 Å². The van der Waals surface area contributed by atoms with Crippen molar-refractivity contribution in [1.82, 2.24) is 5.32 Å². The summed E-state index contributed by atoms with van der Waals surface area (Å²) in [5.41, 5.74) is -1.65. The fourth-order valence-electron chi connectivity index (χ4n) is 1.66. The van der Waals surface area contributed by atoms with Gasteiger partial charge in [-0.1, -0.05) is 18.2 Å². The Kier molecular flexibility index (Phi) is 4.71. The van der Waals surface area contributed by atoms with Gasteiger partial charge < -0.3 is 15.2 Å². The third-order valence-corrected chi connectivity index (χ3v) is 2.66. The van der Waals surface area contributed by atoms with E-state index >= 15 is 0 Å². The monoisotopic (exact) mass is 291 g/mol. The third kappa shape index (κ3) is 5.38. The average Bonchev–Trinajstić information content (AvgIpc) is 2.24. The molecule has 0 saturated heterocycles. The molecule has 1 atom stereocenters. The molecule has 1 aromatic rings. The van der Waals surface area contributed by atoms with Crippen LogP contribution in [0, 0.1) is 0 Å². The highest BCUT2D eigenvalue weighted by molar-refractivity contribution is 5.38. The lowest BCUT2D eigenvalue weighted by atomic mass is 9.93. The molecule has 0 heterocycles. The standard InChI is InChI=1S/C14H20F3NO2/c1-12(2,3)18-9-13(4,19)10-7-5-6-8-11(10)20-14(15,16)17/h5-8,18-19H,9H2,1-4H3. The number of para-hydroxylation sites is 1. The molecular formula is C14H20F3NO2. The molecule has 1 unspecified atom stereocenters. The zero-order chi connectivity index (χ0) is 15.6. The topological polar surface area (TPSA) is 41.5 Å². The minimum Gasteiger partial charge on any atom is -0.405 e. The molecule has 0 aromatic heterocycles. The molecule has 0 saturated carbocycles. The zero-order valence-corrected chi connectivity index (χ0v) is 12.0. The lowest BCUT2D eigenvalue weighted by Crippen LogP contribution is -2.45. The highest BCUT2D eigenvalue weighted by Crippen LogP contribution is 2.33. The van der Waals surface area contributed by atoms with Gasteiger partial charge in [0.2, 0.25) is 0 Å². The van der Waals surface area contributed by atoms with E-state index < -0.39 is 12.0 Å². The van der Waals surface area contributed by atoms with E-state index in [1.807, 2.05) is 20.8 Å². The first-order valence-electron chi connectivity index (χ1n) is 6.23. The maximum Gasteiger partial charge on any atom is 0.573 e. The largest absolute Gasteiger partial charge is 0.573 e. The van der Waals surface area contributed by atoms with Gasteiger partial charge in [-0.2, -0.15) is 0 Å². The minimum absolute atomic E-state index is 0.0917. The smallest absolute Gasteiger partial charge is 0.405 e. The molecule has 0 aliphatic rings. The Hall–Kier alpha value is -1.27. The number of nitrogens with one attached hydrogen (secondary N) is 1. The van der Waals surface area contributed by atoms with Gasteiger partial charge in [-0.3, -0.25) is 0 Å². The summed E-state index contributed by atoms with van der Waals surface area (Å²) >= 11 is 0. The molecule has 3 nitrogen and oxygen atoms in total. The van der Waals surface area contributed by atoms with E-state index in [1.54, 1.807) is 6.07 Å². The van der Waals surface area contributed by atoms with Gasteiger partial charge in [0.05, 0.1) is 0 Å². The van der Waals surface area contributed by atoms with Crippen LogP contribution in [0.3, 0.4) is 0 Å². The predicted octanol–water partition coefficient (Wildman–Crippen LogP) is 3.18. The van der Waals surface area contributed by atoms with Crippen molar-refractivity contribution in [2.24, 2.45) is 0 Å². The summed E-state index contributed by atoms with van der Waals surface area (Å²) in [5.74, 6) is -0.388. The van der Waals surface area contributed by atoms with Crippen molar-refractivity contribution in [2.45, 2.75) is 45.2 Å². The molecule has 2 N–H and O–H groups in total. The van der Waals surface area contributed by atoms with E-state index in [9.17, 15) is 18.3 Å². The molecule has 1 rings (SSSR count). The Balaban J connectivity index is 2.99. The van der Waals surface area contributed by atoms with Crippen LogP contribution in [0.4, 0.5) is 13.2 Å². The molecule has 1 aromatic carbocycles. The van der Waals surface area contributed by atoms with E-state index in [0.717, 1.165) is 0 Å². The maximum absolute atomic E-state index is 12.4. The fourth-order valence-corrected chi connectivity index (χ4v) is 1.66. The van der Waals surface area contributed by atoms with Crippen LogP contribution >= 0.6 is 0 Å². The number of benzene rings is 1. The number of hydrogen-bond acceptors (Lipinski definition) is 3. The van der Waals surface area contributed by atoms with Gasteiger partial charge in [0, 0.05) is 17.6 Å². The number of alkyl halides is 3. The number of ether oxygens (including phenoxy) is 1. The van der Waals surface area contributed by atoms with E-state index in [1.165, 1.54) is 25.1 Å². The van der Waals surface area contributed by atoms with E-state index in [2.05, 4.69) is 10.1 Å². The number of aliphatic hydroxyl groups is 1. The molecule has 0 aliphatic carbocycles. The Bertz CT molecular complexity index is 450. The lowest BCUT2D eigenvalue weighted by molar-refractivity contribution is -0.275. The first-order chi connectivity index (χ1) is 8.91. The molecule has 20 heavy (non-hydrogen) atoms. The van der Waals surface area contributed by atoms with Crippen LogP contribution in [-0.4, -0.2) is 23.6 Å². The minimum atomic E-state index is -4.79. The summed E-state index contributed by atoms with van der Waals surface area (Å²) < 4.78 is 41.1. The van der Waals surface area contributed by atoms with Crippen LogP contribution < -0.4 is 10.1 Å². The van der Waals surface area contributed by atoms with Gasteiger partial charge in [-0.15, -0.1) is 13.2 Å². The van der Waals surface area contributed by atoms with Crippen molar-refractivity contribution in [3.05, 3.63) is 29.8 Å². The molecule has 0 radical (unpaired) electrons. The van der Waals surface area contributed by atoms with Crippen molar-refractivity contribution >= 4 is 0 Å². The lowest BCUT2D eigenvalue weighted by Gasteiger charge is -2.31. The second kappa shape index (κ2) is 5.61. The zero-order valence-electron chi connectivity index (χ0n) is 12.0. The molecule has 114 valence electrons. The number of rotatable bonds is 4. The van der Waals surface area contributed by atoms with Crippen LogP contribution in [0.15, 0.2) is 24.3 Å². The molecular weight excluding hydrogens is 271 g/mol. The fraction of sp³-hybridized carbons (Fsp3) is 0.571. The highest BCUT2D eigenvalue weighted by atomic mass is 19.4. The second-order valence-corrected chi connectivity index (χ2v) is 5.92. The quantitative estimate of drug-likeness (QED) is 0.895. The summed E-state index contributed by atoms with van der Waals surface area (Å²) in [4.78, 5) is 0. The normalized spacial score (nSPS) is 15.8. The van der Waals surface area contributed by atoms with Gasteiger partial charge in [-0.25, -0.2) is 0 Å². The number of hydrogen-bond donors (Lipinski definition) is 2. The molecule has 0 bridgehead atoms. The van der Waals surface area contributed by atoms with E-state index in [4.69, 9.17) is 0 Å². The van der Waals surface area contributed by atoms with Crippen LogP contribution in [0.2, 0.25) is 0 Å². The molecule has 6 heteroatoms. The van der Waals surface area contributed by atoms with Gasteiger partial charge in [0.1, 0.15) is 11.4 Å². The summed E-state index contributed by atoms with van der Waals surface area (Å²) in [6, 6.07) is 5.60. The van der Waals surface area contributed by atoms with Crippen molar-refractivity contribution in [3.63, 3.8) is 0 Å². The number of β-amino-alcohol motifs (C(OH)–C–C–N with tert-alkyl or cyclic N) is 1. The molecule has 0 aliphatic heterocycles. The molecule has 0 spiro atoms. The Morgan fingerprint density at radius 3 is 2.15 bits per heavy atom. The van der Waals surface area contributed by atoms with Gasteiger partial charge in [0.15, 0.2) is 0 Å². The summed E-state index contributed by atoms with van der Waals surface area (Å²) in [7, 11) is 0. The summed E-state index contributed by atoms with van der Waals surface area (Å²) in [5, 5.41) is 13.5. The molecule has 0 amide bonds. The third-order valence-electron chi connectivity index (χ3n) is 2.66. The van der Waals surface area contributed by atoms with Crippen molar-refractivity contribution in [2.75, 3.05) is 6.54 Å².